The highest BCUT2D eigenvalue weighted by atomic mass is 16.5. The van der Waals surface area contributed by atoms with E-state index in [1.165, 1.54) is 11.1 Å². The third-order valence-electron chi connectivity index (χ3n) is 6.13. The molecule has 190 valence electrons. The molecule has 0 radical (unpaired) electrons. The Bertz CT molecular complexity index is 798. The van der Waals surface area contributed by atoms with Gasteiger partial charge in [-0.2, -0.15) is 0 Å². The molecule has 2 aromatic carbocycles. The zero-order valence-corrected chi connectivity index (χ0v) is 22.4. The Kier molecular flexibility index (Phi) is 11.5. The third-order valence-corrected chi connectivity index (χ3v) is 6.13. The van der Waals surface area contributed by atoms with Gasteiger partial charge in [0, 0.05) is 13.1 Å². The van der Waals surface area contributed by atoms with Gasteiger partial charge in [-0.05, 0) is 88.3 Å². The van der Waals surface area contributed by atoms with Gasteiger partial charge >= 0.3 is 0 Å². The van der Waals surface area contributed by atoms with Gasteiger partial charge in [-0.3, -0.25) is 0 Å². The summed E-state index contributed by atoms with van der Waals surface area (Å²) < 4.78 is 23.0. The van der Waals surface area contributed by atoms with Crippen LogP contribution in [0.4, 0.5) is 0 Å². The Morgan fingerprint density at radius 2 is 1.00 bits per heavy atom. The van der Waals surface area contributed by atoms with Gasteiger partial charge in [0.15, 0.2) is 23.0 Å². The molecule has 0 bridgehead atoms. The average Bonchev–Trinajstić information content (AvgIpc) is 2.80. The lowest BCUT2D eigenvalue weighted by Gasteiger charge is -2.22. The smallest absolute Gasteiger partial charge is 0.161 e. The Hall–Kier alpha value is -2.44. The monoisotopic (exact) mass is 472 g/mol. The first kappa shape index (κ1) is 27.8. The molecule has 2 rings (SSSR count). The van der Waals surface area contributed by atoms with Crippen LogP contribution in [0.15, 0.2) is 36.4 Å². The molecule has 0 amide bonds. The van der Waals surface area contributed by atoms with Gasteiger partial charge in [-0.1, -0.05) is 26.0 Å². The maximum atomic E-state index is 5.90. The summed E-state index contributed by atoms with van der Waals surface area (Å²) in [4.78, 5) is 4.20. The fourth-order valence-electron chi connectivity index (χ4n) is 3.74. The van der Waals surface area contributed by atoms with Crippen molar-refractivity contribution in [2.24, 2.45) is 11.8 Å². The minimum atomic E-state index is 0.507. The second-order valence-corrected chi connectivity index (χ2v) is 9.64. The second kappa shape index (κ2) is 14.1. The number of rotatable bonds is 15. The maximum Gasteiger partial charge on any atom is 0.161 e. The summed E-state index contributed by atoms with van der Waals surface area (Å²) in [7, 11) is 11.6. The Morgan fingerprint density at radius 1 is 0.618 bits per heavy atom. The predicted octanol–water partition coefficient (Wildman–Crippen LogP) is 4.64. The minimum Gasteiger partial charge on any atom is -0.493 e. The lowest BCUT2D eigenvalue weighted by atomic mass is 9.85. The summed E-state index contributed by atoms with van der Waals surface area (Å²) in [6.07, 6.45) is 1.97. The average molecular weight is 473 g/mol. The van der Waals surface area contributed by atoms with E-state index in [-0.39, 0.29) is 0 Å². The molecule has 0 heterocycles. The molecule has 0 aliphatic heterocycles. The van der Waals surface area contributed by atoms with E-state index in [0.29, 0.717) is 25.0 Å². The molecule has 0 unspecified atom stereocenters. The first-order valence-corrected chi connectivity index (χ1v) is 12.1. The minimum absolute atomic E-state index is 0.507. The van der Waals surface area contributed by atoms with Crippen LogP contribution in [0.1, 0.15) is 25.0 Å². The van der Waals surface area contributed by atoms with E-state index in [1.54, 1.807) is 14.2 Å². The van der Waals surface area contributed by atoms with Crippen LogP contribution in [0.2, 0.25) is 0 Å². The van der Waals surface area contributed by atoms with E-state index in [4.69, 9.17) is 18.9 Å². The van der Waals surface area contributed by atoms with Crippen LogP contribution in [0.5, 0.6) is 23.0 Å². The number of methoxy groups -OCH3 is 2. The molecule has 0 aromatic heterocycles. The predicted molar refractivity (Wildman–Crippen MR) is 140 cm³/mol. The van der Waals surface area contributed by atoms with Crippen molar-refractivity contribution in [3.8, 4) is 23.0 Å². The summed E-state index contributed by atoms with van der Waals surface area (Å²) >= 11 is 0. The molecule has 2 atom stereocenters. The van der Waals surface area contributed by atoms with Crippen molar-refractivity contribution in [2.45, 2.75) is 26.7 Å². The second-order valence-electron chi connectivity index (χ2n) is 9.64. The number of benzene rings is 2. The van der Waals surface area contributed by atoms with E-state index < -0.39 is 0 Å². The molecule has 0 aliphatic rings. The highest BCUT2D eigenvalue weighted by Gasteiger charge is 2.16. The molecule has 6 nitrogen and oxygen atoms in total. The van der Waals surface area contributed by atoms with Gasteiger partial charge < -0.3 is 28.7 Å². The largest absolute Gasteiger partial charge is 0.493 e. The molecule has 0 spiro atoms. The highest BCUT2D eigenvalue weighted by Crippen LogP contribution is 2.32. The van der Waals surface area contributed by atoms with E-state index in [9.17, 15) is 0 Å². The van der Waals surface area contributed by atoms with Crippen molar-refractivity contribution < 1.29 is 18.9 Å². The van der Waals surface area contributed by atoms with E-state index >= 15 is 0 Å². The normalized spacial score (nSPS) is 13.1. The van der Waals surface area contributed by atoms with Crippen molar-refractivity contribution in [3.63, 3.8) is 0 Å². The molecule has 0 saturated carbocycles. The molecule has 0 fully saturated rings. The quantitative estimate of drug-likeness (QED) is 0.376. The van der Waals surface area contributed by atoms with Crippen molar-refractivity contribution in [3.05, 3.63) is 47.5 Å². The van der Waals surface area contributed by atoms with Gasteiger partial charge in [0.05, 0.1) is 14.2 Å². The number of nitrogens with zero attached hydrogens (tertiary/aromatic N) is 2. The molecule has 0 saturated heterocycles. The number of hydrogen-bond donors (Lipinski definition) is 0. The van der Waals surface area contributed by atoms with Crippen LogP contribution >= 0.6 is 0 Å². The fraction of sp³-hybridized carbons (Fsp3) is 0.571. The van der Waals surface area contributed by atoms with Gasteiger partial charge in [-0.25, -0.2) is 0 Å². The maximum absolute atomic E-state index is 5.90. The zero-order chi connectivity index (χ0) is 25.1. The van der Waals surface area contributed by atoms with Crippen LogP contribution in [-0.2, 0) is 12.8 Å². The van der Waals surface area contributed by atoms with Gasteiger partial charge in [-0.15, -0.1) is 0 Å². The van der Waals surface area contributed by atoms with E-state index in [1.807, 2.05) is 40.3 Å². The zero-order valence-electron chi connectivity index (χ0n) is 22.4. The molecule has 0 aliphatic carbocycles. The van der Waals surface area contributed by atoms with E-state index in [2.05, 4.69) is 47.9 Å². The van der Waals surface area contributed by atoms with Crippen LogP contribution < -0.4 is 18.9 Å². The SMILES string of the molecule is COc1cc(C[C@@H](C)[C@@H](C)Cc2ccc(OCCN(C)C)c(OC)c2)ccc1OCCN(C)C. The highest BCUT2D eigenvalue weighted by molar-refractivity contribution is 5.44. The fourth-order valence-corrected chi connectivity index (χ4v) is 3.74. The van der Waals surface area contributed by atoms with Crippen LogP contribution in [0, 0.1) is 11.8 Å². The van der Waals surface area contributed by atoms with Crippen LogP contribution in [0.3, 0.4) is 0 Å². The number of hydrogen-bond acceptors (Lipinski definition) is 6. The summed E-state index contributed by atoms with van der Waals surface area (Å²) in [5, 5.41) is 0. The summed E-state index contributed by atoms with van der Waals surface area (Å²) in [5.41, 5.74) is 2.52. The van der Waals surface area contributed by atoms with Crippen molar-refractivity contribution in [1.29, 1.82) is 0 Å². The standard InChI is InChI=1S/C28H44N2O4/c1-21(17-23-9-11-25(27(19-23)31-7)33-15-13-29(3)4)22(2)18-24-10-12-26(28(20-24)32-8)34-16-14-30(5)6/h9-12,19-22H,13-18H2,1-8H3/t21-,22+. The van der Waals surface area contributed by atoms with Crippen LogP contribution in [0.25, 0.3) is 0 Å². The Labute approximate surface area is 206 Å². The van der Waals surface area contributed by atoms with Crippen molar-refractivity contribution >= 4 is 0 Å². The first-order valence-electron chi connectivity index (χ1n) is 12.1. The van der Waals surface area contributed by atoms with Gasteiger partial charge in [0.2, 0.25) is 0 Å². The lowest BCUT2D eigenvalue weighted by molar-refractivity contribution is 0.250. The third kappa shape index (κ3) is 9.07. The Morgan fingerprint density at radius 3 is 1.32 bits per heavy atom. The summed E-state index contributed by atoms with van der Waals surface area (Å²) in [6, 6.07) is 12.6. The van der Waals surface area contributed by atoms with E-state index in [0.717, 1.165) is 48.9 Å². The molecular weight excluding hydrogens is 428 g/mol. The molecule has 0 N–H and O–H groups in total. The van der Waals surface area contributed by atoms with Gasteiger partial charge in [0.25, 0.3) is 0 Å². The van der Waals surface area contributed by atoms with Crippen molar-refractivity contribution in [1.82, 2.24) is 9.80 Å². The molecule has 6 heteroatoms. The molecule has 34 heavy (non-hydrogen) atoms. The lowest BCUT2D eigenvalue weighted by Crippen LogP contribution is -2.19. The van der Waals surface area contributed by atoms with Crippen molar-refractivity contribution in [2.75, 3.05) is 68.7 Å². The first-order chi connectivity index (χ1) is 16.2. The number of ether oxygens (including phenoxy) is 4. The van der Waals surface area contributed by atoms with Gasteiger partial charge in [0.1, 0.15) is 13.2 Å². The summed E-state index contributed by atoms with van der Waals surface area (Å²) in [6.45, 7) is 7.64. The topological polar surface area (TPSA) is 43.4 Å². The van der Waals surface area contributed by atoms with Crippen LogP contribution in [-0.4, -0.2) is 78.5 Å². The molecular formula is C28H44N2O4. The Balaban J connectivity index is 1.97. The number of likely N-dealkylation sites (N-methyl/N-ethyl adjacent to an activating group) is 2. The summed E-state index contributed by atoms with van der Waals surface area (Å²) in [5.74, 6) is 4.21. The molecule has 2 aromatic rings.